The molecular weight excluding hydrogens is 430 g/mol. The molecule has 0 fully saturated rings. The molecule has 1 amide bonds. The number of ether oxygens (including phenoxy) is 1. The number of fused-ring (bicyclic) bond motifs is 1. The van der Waals surface area contributed by atoms with Gasteiger partial charge in [-0.25, -0.2) is 0 Å². The highest BCUT2D eigenvalue weighted by atomic mass is 35.5. The highest BCUT2D eigenvalue weighted by Gasteiger charge is 2.14. The number of carbonyl (C=O) groups is 1. The van der Waals surface area contributed by atoms with Crippen LogP contribution in [0.15, 0.2) is 52.9 Å². The zero-order valence-electron chi connectivity index (χ0n) is 15.3. The topological polar surface area (TPSA) is 81.4 Å². The molecule has 148 valence electrons. The molecule has 2 heterocycles. The molecule has 7 nitrogen and oxygen atoms in total. The van der Waals surface area contributed by atoms with Crippen molar-refractivity contribution in [2.75, 3.05) is 18.2 Å². The third kappa shape index (κ3) is 4.87. The molecule has 0 radical (unpaired) electrons. The highest BCUT2D eigenvalue weighted by Crippen LogP contribution is 2.25. The van der Waals surface area contributed by atoms with Gasteiger partial charge in [-0.2, -0.15) is 4.52 Å². The summed E-state index contributed by atoms with van der Waals surface area (Å²) in [6.45, 7) is 0. The molecule has 4 aromatic rings. The fraction of sp³-hybridized carbons (Fsp3) is 0.158. The molecule has 2 aromatic heterocycles. The Kier molecular flexibility index (Phi) is 5.98. The average Bonchev–Trinajstić information content (AvgIpc) is 3.30. The van der Waals surface area contributed by atoms with E-state index >= 15 is 0 Å². The van der Waals surface area contributed by atoms with Gasteiger partial charge >= 0.3 is 0 Å². The quantitative estimate of drug-likeness (QED) is 0.430. The number of hydrogen-bond donors (Lipinski definition) is 1. The zero-order chi connectivity index (χ0) is 20.2. The summed E-state index contributed by atoms with van der Waals surface area (Å²) in [5, 5.41) is 16.4. The summed E-state index contributed by atoms with van der Waals surface area (Å²) in [4.78, 5) is 12.9. The molecule has 1 N–H and O–H groups in total. The minimum absolute atomic E-state index is 0.109. The van der Waals surface area contributed by atoms with E-state index in [9.17, 15) is 4.79 Å². The van der Waals surface area contributed by atoms with E-state index in [-0.39, 0.29) is 11.7 Å². The maximum absolute atomic E-state index is 12.2. The Balaban J connectivity index is 1.38. The molecule has 0 atom stereocenters. The number of methoxy groups -OCH3 is 1. The fourth-order valence-electron chi connectivity index (χ4n) is 2.59. The lowest BCUT2D eigenvalue weighted by Gasteiger charge is -2.03. The van der Waals surface area contributed by atoms with Gasteiger partial charge < -0.3 is 10.1 Å². The lowest BCUT2D eigenvalue weighted by molar-refractivity contribution is -0.113. The lowest BCUT2D eigenvalue weighted by atomic mass is 10.1. The monoisotopic (exact) mass is 445 g/mol. The van der Waals surface area contributed by atoms with Gasteiger partial charge in [-0.05, 0) is 42.0 Å². The van der Waals surface area contributed by atoms with Crippen molar-refractivity contribution >= 4 is 51.3 Å². The predicted molar refractivity (Wildman–Crippen MR) is 115 cm³/mol. The van der Waals surface area contributed by atoms with Crippen LogP contribution >= 0.6 is 34.7 Å². The van der Waals surface area contributed by atoms with E-state index in [1.807, 2.05) is 24.3 Å². The van der Waals surface area contributed by atoms with Crippen molar-refractivity contribution in [3.63, 3.8) is 0 Å². The third-order valence-electron chi connectivity index (χ3n) is 4.01. The van der Waals surface area contributed by atoms with Gasteiger partial charge in [0.25, 0.3) is 0 Å². The number of nitrogens with one attached hydrogen (secondary N) is 1. The zero-order valence-corrected chi connectivity index (χ0v) is 17.7. The lowest BCUT2D eigenvalue weighted by Crippen LogP contribution is -2.13. The van der Waals surface area contributed by atoms with E-state index in [0.717, 1.165) is 21.5 Å². The van der Waals surface area contributed by atoms with Crippen LogP contribution < -0.4 is 10.1 Å². The molecule has 0 bridgehead atoms. The summed E-state index contributed by atoms with van der Waals surface area (Å²) < 4.78 is 7.67. The van der Waals surface area contributed by atoms with Gasteiger partial charge in [0.2, 0.25) is 10.9 Å². The second-order valence-electron chi connectivity index (χ2n) is 6.05. The standard InChI is InChI=1S/C19H16ClN5O2S2/c1-27-15-8-2-12(3-9-15)10-16-22-23-18-25(16)24-19(29-18)28-11-17(26)21-14-6-4-13(20)5-7-14/h2-9H,10-11H2,1H3,(H,21,26). The van der Waals surface area contributed by atoms with Gasteiger partial charge in [-0.15, -0.1) is 15.3 Å². The Morgan fingerprint density at radius 2 is 1.93 bits per heavy atom. The number of halogens is 1. The van der Waals surface area contributed by atoms with Crippen LogP contribution in [-0.2, 0) is 11.2 Å². The van der Waals surface area contributed by atoms with Crippen LogP contribution in [0.2, 0.25) is 5.02 Å². The number of carbonyl (C=O) groups excluding carboxylic acids is 1. The maximum atomic E-state index is 12.2. The summed E-state index contributed by atoms with van der Waals surface area (Å²) in [6.07, 6.45) is 0.607. The second kappa shape index (κ2) is 8.81. The Morgan fingerprint density at radius 1 is 1.17 bits per heavy atom. The first-order valence-electron chi connectivity index (χ1n) is 8.63. The number of anilines is 1. The van der Waals surface area contributed by atoms with Gasteiger partial charge in [0.15, 0.2) is 10.2 Å². The summed E-state index contributed by atoms with van der Waals surface area (Å²) in [5.41, 5.74) is 1.80. The molecule has 2 aromatic carbocycles. The largest absolute Gasteiger partial charge is 0.497 e. The Morgan fingerprint density at radius 3 is 2.66 bits per heavy atom. The summed E-state index contributed by atoms with van der Waals surface area (Å²) >= 11 is 8.63. The van der Waals surface area contributed by atoms with Crippen LogP contribution in [0.4, 0.5) is 5.69 Å². The van der Waals surface area contributed by atoms with E-state index in [1.165, 1.54) is 23.1 Å². The van der Waals surface area contributed by atoms with E-state index in [1.54, 1.807) is 35.9 Å². The second-order valence-corrected chi connectivity index (χ2v) is 8.66. The summed E-state index contributed by atoms with van der Waals surface area (Å²) in [7, 11) is 1.64. The molecule has 0 unspecified atom stereocenters. The molecule has 0 spiro atoms. The van der Waals surface area contributed by atoms with Crippen LogP contribution in [0, 0.1) is 0 Å². The van der Waals surface area contributed by atoms with Crippen molar-refractivity contribution in [1.29, 1.82) is 0 Å². The van der Waals surface area contributed by atoms with Crippen molar-refractivity contribution in [1.82, 2.24) is 19.8 Å². The molecule has 0 aliphatic rings. The number of rotatable bonds is 7. The van der Waals surface area contributed by atoms with E-state index in [2.05, 4.69) is 20.6 Å². The molecule has 0 aliphatic carbocycles. The van der Waals surface area contributed by atoms with Crippen LogP contribution in [-0.4, -0.2) is 38.6 Å². The average molecular weight is 446 g/mol. The van der Waals surface area contributed by atoms with E-state index in [0.29, 0.717) is 22.1 Å². The van der Waals surface area contributed by atoms with Crippen LogP contribution in [0.3, 0.4) is 0 Å². The smallest absolute Gasteiger partial charge is 0.235 e. The van der Waals surface area contributed by atoms with Crippen LogP contribution in [0.5, 0.6) is 5.75 Å². The molecule has 29 heavy (non-hydrogen) atoms. The Hall–Kier alpha value is -2.62. The van der Waals surface area contributed by atoms with Crippen LogP contribution in [0.1, 0.15) is 11.4 Å². The number of amides is 1. The molecule has 0 aliphatic heterocycles. The molecule has 0 saturated carbocycles. The van der Waals surface area contributed by atoms with Crippen molar-refractivity contribution in [2.24, 2.45) is 0 Å². The van der Waals surface area contributed by atoms with Gasteiger partial charge in [-0.1, -0.05) is 46.8 Å². The normalized spacial score (nSPS) is 11.0. The summed E-state index contributed by atoms with van der Waals surface area (Å²) in [6, 6.07) is 14.8. The fourth-order valence-corrected chi connectivity index (χ4v) is 4.41. The van der Waals surface area contributed by atoms with Crippen LogP contribution in [0.25, 0.3) is 4.96 Å². The van der Waals surface area contributed by atoms with Crippen molar-refractivity contribution in [3.8, 4) is 5.75 Å². The maximum Gasteiger partial charge on any atom is 0.235 e. The minimum Gasteiger partial charge on any atom is -0.497 e. The minimum atomic E-state index is -0.109. The van der Waals surface area contributed by atoms with Gasteiger partial charge in [0, 0.05) is 17.1 Å². The van der Waals surface area contributed by atoms with Gasteiger partial charge in [0.05, 0.1) is 12.9 Å². The predicted octanol–water partition coefficient (Wildman–Crippen LogP) is 4.17. The van der Waals surface area contributed by atoms with Gasteiger partial charge in [0.1, 0.15) is 5.75 Å². The number of hydrogen-bond acceptors (Lipinski definition) is 7. The Labute approximate surface area is 180 Å². The first kappa shape index (κ1) is 19.7. The van der Waals surface area contributed by atoms with Crippen molar-refractivity contribution in [3.05, 3.63) is 64.9 Å². The SMILES string of the molecule is COc1ccc(Cc2nnc3sc(SCC(=O)Nc4ccc(Cl)cc4)nn23)cc1. The van der Waals surface area contributed by atoms with E-state index in [4.69, 9.17) is 16.3 Å². The number of nitrogens with zero attached hydrogens (tertiary/aromatic N) is 4. The number of thioether (sulfide) groups is 1. The first-order valence-corrected chi connectivity index (χ1v) is 10.8. The highest BCUT2D eigenvalue weighted by molar-refractivity contribution is 8.01. The molecular formula is C19H16ClN5O2S2. The first-order chi connectivity index (χ1) is 14.1. The van der Waals surface area contributed by atoms with Gasteiger partial charge in [-0.3, -0.25) is 4.79 Å². The van der Waals surface area contributed by atoms with Crippen molar-refractivity contribution in [2.45, 2.75) is 10.8 Å². The molecule has 0 saturated heterocycles. The molecule has 10 heteroatoms. The number of aromatic nitrogens is 4. The third-order valence-corrected chi connectivity index (χ3v) is 6.30. The van der Waals surface area contributed by atoms with Crippen molar-refractivity contribution < 1.29 is 9.53 Å². The molecule has 4 rings (SSSR count). The number of benzene rings is 2. The Bertz CT molecular complexity index is 1130. The van der Waals surface area contributed by atoms with E-state index < -0.39 is 0 Å². The summed E-state index contributed by atoms with van der Waals surface area (Å²) in [5.74, 6) is 1.70.